The Kier molecular flexibility index (Phi) is 9.49. The molecule has 2 aromatic heterocycles. The van der Waals surface area contributed by atoms with Crippen LogP contribution < -0.4 is 0 Å². The van der Waals surface area contributed by atoms with Crippen LogP contribution in [0.4, 0.5) is 0 Å². The van der Waals surface area contributed by atoms with E-state index in [0.717, 1.165) is 0 Å². The van der Waals surface area contributed by atoms with Gasteiger partial charge in [-0.05, 0) is 187 Å². The van der Waals surface area contributed by atoms with E-state index in [1.807, 2.05) is 0 Å². The summed E-state index contributed by atoms with van der Waals surface area (Å²) in [6.07, 6.45) is 19.3. The van der Waals surface area contributed by atoms with Gasteiger partial charge in [0.15, 0.2) is 0 Å². The molecule has 78 heavy (non-hydrogen) atoms. The van der Waals surface area contributed by atoms with Crippen molar-refractivity contribution in [2.45, 2.75) is 62.2 Å². The minimum absolute atomic E-state index is 0.0597. The number of hydrogen-bond donors (Lipinski definition) is 0. The Hall–Kier alpha value is -8.98. The van der Waals surface area contributed by atoms with Crippen molar-refractivity contribution in [1.82, 2.24) is 9.13 Å². The summed E-state index contributed by atoms with van der Waals surface area (Å²) < 4.78 is 4.86. The quantitative estimate of drug-likeness (QED) is 0.147. The van der Waals surface area contributed by atoms with Crippen LogP contribution in [0.2, 0.25) is 0 Å². The molecule has 0 aliphatic heterocycles. The van der Waals surface area contributed by atoms with E-state index in [1.165, 1.54) is 172 Å². The lowest BCUT2D eigenvalue weighted by Gasteiger charge is -2.29. The van der Waals surface area contributed by atoms with E-state index >= 15 is 0 Å². The fourth-order valence-electron chi connectivity index (χ4n) is 15.5. The van der Waals surface area contributed by atoms with Gasteiger partial charge >= 0.3 is 0 Å². The first-order chi connectivity index (χ1) is 38.6. The molecule has 17 rings (SSSR count). The third-order valence-electron chi connectivity index (χ3n) is 19.1. The van der Waals surface area contributed by atoms with Gasteiger partial charge in [0, 0.05) is 43.7 Å². The molecule has 0 radical (unpaired) electrons. The van der Waals surface area contributed by atoms with E-state index < -0.39 is 0 Å². The normalized spacial score (nSPS) is 15.9. The van der Waals surface area contributed by atoms with E-state index in [0.29, 0.717) is 0 Å². The second-order valence-electron chi connectivity index (χ2n) is 23.1. The van der Waals surface area contributed by atoms with Gasteiger partial charge in [-0.15, -0.1) is 0 Å². The summed E-state index contributed by atoms with van der Waals surface area (Å²) in [4.78, 5) is 0. The molecule has 0 bridgehead atoms. The van der Waals surface area contributed by atoms with Gasteiger partial charge in [0.1, 0.15) is 0 Å². The fourth-order valence-corrected chi connectivity index (χ4v) is 15.5. The van der Waals surface area contributed by atoms with E-state index in [1.54, 1.807) is 22.3 Å². The van der Waals surface area contributed by atoms with Crippen LogP contribution in [0, 0.1) is 0 Å². The number of hydrogen-bond acceptors (Lipinski definition) is 0. The lowest BCUT2D eigenvalue weighted by atomic mass is 9.74. The predicted molar refractivity (Wildman–Crippen MR) is 330 cm³/mol. The molecule has 0 amide bonds. The van der Waals surface area contributed by atoms with E-state index in [-0.39, 0.29) is 10.8 Å². The van der Waals surface area contributed by atoms with Gasteiger partial charge in [0.05, 0.1) is 22.1 Å². The van der Waals surface area contributed by atoms with Crippen molar-refractivity contribution in [3.8, 4) is 33.6 Å². The SMILES string of the molecule is C(=Cc1ccc2c(c1)c1ccccc1n2-c1ccc2ccccc2c1)c1ccc2c(c1)C1(CCCC1)c1cc3c(cc1-2)C1(CCCC1)c1cc(C=Cc2ccc4c(c2)c2ccccc2n4-c2ccc4ccccc4c2)ccc1-3. The third-order valence-corrected chi connectivity index (χ3v) is 19.1. The first kappa shape index (κ1) is 44.2. The summed E-state index contributed by atoms with van der Waals surface area (Å²) >= 11 is 0. The molecule has 4 aliphatic carbocycles. The van der Waals surface area contributed by atoms with Gasteiger partial charge < -0.3 is 9.13 Å². The van der Waals surface area contributed by atoms with Gasteiger partial charge in [-0.25, -0.2) is 0 Å². The Bertz CT molecular complexity index is 4450. The molecular formula is C76H56N2. The number of fused-ring (bicyclic) bond motifs is 18. The average Bonchev–Trinajstić information content (AvgIpc) is 4.47. The summed E-state index contributed by atoms with van der Waals surface area (Å²) in [5.74, 6) is 0. The molecule has 0 unspecified atom stereocenters. The Morgan fingerprint density at radius 3 is 1.08 bits per heavy atom. The number of rotatable bonds is 6. The Labute approximate surface area is 454 Å². The van der Waals surface area contributed by atoms with Gasteiger partial charge in [0.25, 0.3) is 0 Å². The summed E-state index contributed by atoms with van der Waals surface area (Å²) in [7, 11) is 0. The van der Waals surface area contributed by atoms with Crippen LogP contribution in [0.15, 0.2) is 218 Å². The largest absolute Gasteiger partial charge is 0.309 e. The van der Waals surface area contributed by atoms with Crippen LogP contribution in [-0.4, -0.2) is 9.13 Å². The minimum Gasteiger partial charge on any atom is -0.309 e. The number of aromatic nitrogens is 2. The molecule has 2 fully saturated rings. The Balaban J connectivity index is 0.697. The average molecular weight is 997 g/mol. The summed E-state index contributed by atoms with van der Waals surface area (Å²) in [5, 5.41) is 10.2. The lowest BCUT2D eigenvalue weighted by Crippen LogP contribution is -2.22. The zero-order chi connectivity index (χ0) is 51.1. The van der Waals surface area contributed by atoms with Gasteiger partial charge in [0.2, 0.25) is 0 Å². The van der Waals surface area contributed by atoms with Crippen molar-refractivity contribution in [3.63, 3.8) is 0 Å². The third kappa shape index (κ3) is 6.44. The number of benzene rings is 11. The van der Waals surface area contributed by atoms with Crippen molar-refractivity contribution in [2.24, 2.45) is 0 Å². The molecule has 2 nitrogen and oxygen atoms in total. The standard InChI is InChI=1S/C76H56N2/c1-3-15-55-45-57(31-29-53(55)13-1)77-71-19-7-5-17-61(71)65-41-49(27-35-73(65)77)21-23-51-25-33-59-63-47-70-64(48-69(63)75(67(59)43-51)37-9-10-38-75)60-34-26-52(44-68(60)76(70)39-11-12-40-76)24-22-50-28-36-74-66(42-50)62-18-6-8-20-72(62)78(74)58-32-30-54-14-2-4-16-56(54)46-58/h1-8,13-36,41-48H,9-12,37-40H2. The van der Waals surface area contributed by atoms with Crippen LogP contribution in [0.25, 0.3) is 123 Å². The van der Waals surface area contributed by atoms with Gasteiger partial charge in [-0.2, -0.15) is 0 Å². The molecule has 0 saturated heterocycles. The van der Waals surface area contributed by atoms with Crippen LogP contribution in [0.3, 0.4) is 0 Å². The van der Waals surface area contributed by atoms with Crippen molar-refractivity contribution in [3.05, 3.63) is 263 Å². The van der Waals surface area contributed by atoms with Crippen molar-refractivity contribution < 1.29 is 0 Å². The molecule has 370 valence electrons. The zero-order valence-electron chi connectivity index (χ0n) is 43.6. The monoisotopic (exact) mass is 996 g/mol. The first-order valence-corrected chi connectivity index (χ1v) is 28.5. The molecule has 2 spiro atoms. The maximum absolute atomic E-state index is 2.69. The Morgan fingerprint density at radius 2 is 0.628 bits per heavy atom. The highest BCUT2D eigenvalue weighted by molar-refractivity contribution is 6.11. The predicted octanol–water partition coefficient (Wildman–Crippen LogP) is 20.2. The lowest BCUT2D eigenvalue weighted by molar-refractivity contribution is 0.543. The Morgan fingerprint density at radius 1 is 0.269 bits per heavy atom. The number of para-hydroxylation sites is 2. The fraction of sp³-hybridized carbons (Fsp3) is 0.132. The highest BCUT2D eigenvalue weighted by Gasteiger charge is 2.50. The number of nitrogens with zero attached hydrogens (tertiary/aromatic N) is 2. The minimum atomic E-state index is 0.0597. The topological polar surface area (TPSA) is 9.86 Å². The summed E-state index contributed by atoms with van der Waals surface area (Å²) in [6.45, 7) is 0. The summed E-state index contributed by atoms with van der Waals surface area (Å²) in [5.41, 5.74) is 24.6. The van der Waals surface area contributed by atoms with Gasteiger partial charge in [-0.3, -0.25) is 0 Å². The first-order valence-electron chi connectivity index (χ1n) is 28.5. The van der Waals surface area contributed by atoms with E-state index in [2.05, 4.69) is 252 Å². The zero-order valence-corrected chi connectivity index (χ0v) is 43.6. The van der Waals surface area contributed by atoms with Crippen LogP contribution in [0.1, 0.15) is 95.9 Å². The molecule has 13 aromatic rings. The molecule has 2 heteroatoms. The smallest absolute Gasteiger partial charge is 0.0541 e. The second kappa shape index (κ2) is 16.8. The molecule has 0 atom stereocenters. The van der Waals surface area contributed by atoms with Crippen LogP contribution in [-0.2, 0) is 10.8 Å². The van der Waals surface area contributed by atoms with Crippen molar-refractivity contribution in [2.75, 3.05) is 0 Å². The molecule has 2 heterocycles. The van der Waals surface area contributed by atoms with Gasteiger partial charge in [-0.1, -0.05) is 196 Å². The van der Waals surface area contributed by atoms with E-state index in [9.17, 15) is 0 Å². The molecule has 2 saturated carbocycles. The highest BCUT2D eigenvalue weighted by atomic mass is 15.0. The molecule has 0 N–H and O–H groups in total. The molecule has 4 aliphatic rings. The molecular weight excluding hydrogens is 941 g/mol. The summed E-state index contributed by atoms with van der Waals surface area (Å²) in [6, 6.07) is 82.9. The highest BCUT2D eigenvalue weighted by Crippen LogP contribution is 2.63. The maximum atomic E-state index is 2.69. The van der Waals surface area contributed by atoms with Crippen molar-refractivity contribution >= 4 is 89.5 Å². The maximum Gasteiger partial charge on any atom is 0.0541 e. The van der Waals surface area contributed by atoms with Crippen LogP contribution in [0.5, 0.6) is 0 Å². The molecule has 11 aromatic carbocycles. The van der Waals surface area contributed by atoms with E-state index in [4.69, 9.17) is 0 Å². The van der Waals surface area contributed by atoms with Crippen molar-refractivity contribution in [1.29, 1.82) is 0 Å². The van der Waals surface area contributed by atoms with Crippen LogP contribution >= 0.6 is 0 Å². The second-order valence-corrected chi connectivity index (χ2v) is 23.1.